The summed E-state index contributed by atoms with van der Waals surface area (Å²) in [5.74, 6) is -1.81. The highest BCUT2D eigenvalue weighted by Gasteiger charge is 2.45. The van der Waals surface area contributed by atoms with E-state index in [1.165, 1.54) is 25.7 Å². The van der Waals surface area contributed by atoms with Gasteiger partial charge in [0.05, 0.1) is 11.1 Å². The minimum Gasteiger partial charge on any atom is -0.432 e. The molecule has 0 N–H and O–H groups in total. The lowest BCUT2D eigenvalue weighted by atomic mass is 9.69. The number of isothiocyanates is 1. The lowest BCUT2D eigenvalue weighted by Crippen LogP contribution is -2.38. The molecule has 2 aliphatic carbocycles. The van der Waals surface area contributed by atoms with Gasteiger partial charge in [0.15, 0.2) is 11.6 Å². The summed E-state index contributed by atoms with van der Waals surface area (Å²) in [6, 6.07) is 1.41. The average Bonchev–Trinajstić information content (AvgIpc) is 2.65. The van der Waals surface area contributed by atoms with Crippen LogP contribution in [0.5, 0.6) is 5.75 Å². The van der Waals surface area contributed by atoms with Gasteiger partial charge in [-0.1, -0.05) is 19.8 Å². The van der Waals surface area contributed by atoms with Gasteiger partial charge in [-0.25, -0.2) is 8.78 Å². The Bertz CT molecular complexity index is 722. The standard InChI is InChI=1S/C21H25F4NOS.2H2/c1-13-2-4-14(5-3-13)15-6-8-16(9-7-15)21(24,25)27-17-10-18(22)20(26-12-28)19(23)11-17;;/h10-11,13-16H,2-9H2,1H3;2*1H. The predicted octanol–water partition coefficient (Wildman–Crippen LogP) is 7.80. The van der Waals surface area contributed by atoms with Crippen molar-refractivity contribution in [1.29, 1.82) is 0 Å². The van der Waals surface area contributed by atoms with E-state index in [1.54, 1.807) is 0 Å². The molecule has 0 saturated heterocycles. The number of benzene rings is 1. The molecular formula is C21H29F4NOS. The van der Waals surface area contributed by atoms with Gasteiger partial charge in [-0.3, -0.25) is 0 Å². The second-order valence-corrected chi connectivity index (χ2v) is 8.42. The van der Waals surface area contributed by atoms with Crippen LogP contribution < -0.4 is 4.74 Å². The van der Waals surface area contributed by atoms with E-state index in [4.69, 9.17) is 4.74 Å². The molecule has 2 fully saturated rings. The summed E-state index contributed by atoms with van der Waals surface area (Å²) in [5, 5.41) is 1.86. The van der Waals surface area contributed by atoms with Gasteiger partial charge in [-0.2, -0.15) is 13.8 Å². The third-order valence-electron chi connectivity index (χ3n) is 6.38. The molecule has 1 aromatic carbocycles. The number of rotatable bonds is 5. The normalized spacial score (nSPS) is 28.5. The van der Waals surface area contributed by atoms with Crippen LogP contribution >= 0.6 is 12.2 Å². The maximum absolute atomic E-state index is 14.6. The van der Waals surface area contributed by atoms with Gasteiger partial charge >= 0.3 is 6.11 Å². The van der Waals surface area contributed by atoms with E-state index in [9.17, 15) is 17.6 Å². The SMILES string of the molecule is CC1CCC(C2CCC(C(F)(F)Oc3cc(F)c(N=C=S)c(F)c3)CC2)CC1.[HH].[HH]. The molecule has 2 saturated carbocycles. The lowest BCUT2D eigenvalue weighted by Gasteiger charge is -2.38. The number of ether oxygens (including phenoxy) is 1. The Hall–Kier alpha value is -1.46. The quantitative estimate of drug-likeness (QED) is 0.276. The number of aliphatic imine (C=N–C) groups is 1. The number of hydrogen-bond donors (Lipinski definition) is 0. The van der Waals surface area contributed by atoms with Gasteiger partial charge in [0.1, 0.15) is 11.4 Å². The van der Waals surface area contributed by atoms with Crippen LogP contribution in [0, 0.1) is 35.3 Å². The molecule has 0 aromatic heterocycles. The fourth-order valence-electron chi connectivity index (χ4n) is 4.68. The first kappa shape index (κ1) is 21.3. The minimum atomic E-state index is -3.47. The lowest BCUT2D eigenvalue weighted by molar-refractivity contribution is -0.224. The van der Waals surface area contributed by atoms with Gasteiger partial charge in [0, 0.05) is 15.0 Å². The Balaban J connectivity index is 0.00000225. The molecule has 0 radical (unpaired) electrons. The number of nitrogens with zero attached hydrogens (tertiary/aromatic N) is 1. The monoisotopic (exact) mass is 419 g/mol. The zero-order valence-corrected chi connectivity index (χ0v) is 16.7. The van der Waals surface area contributed by atoms with Crippen molar-refractivity contribution in [3.05, 3.63) is 23.8 Å². The van der Waals surface area contributed by atoms with E-state index in [1.807, 2.05) is 5.16 Å². The third-order valence-corrected chi connectivity index (χ3v) is 6.47. The topological polar surface area (TPSA) is 21.6 Å². The molecule has 0 heterocycles. The summed E-state index contributed by atoms with van der Waals surface area (Å²) in [7, 11) is 0. The maximum Gasteiger partial charge on any atom is 0.400 e. The highest BCUT2D eigenvalue weighted by Crippen LogP contribution is 2.45. The van der Waals surface area contributed by atoms with Crippen LogP contribution in [0.3, 0.4) is 0 Å². The van der Waals surface area contributed by atoms with Crippen LogP contribution in [0.25, 0.3) is 0 Å². The first-order valence-electron chi connectivity index (χ1n) is 9.94. The summed E-state index contributed by atoms with van der Waals surface area (Å²) >= 11 is 4.32. The fraction of sp³-hybridized carbons (Fsp3) is 0.667. The first-order chi connectivity index (χ1) is 13.3. The predicted molar refractivity (Wildman–Crippen MR) is 107 cm³/mol. The zero-order valence-electron chi connectivity index (χ0n) is 15.9. The molecule has 0 aliphatic heterocycles. The number of alkyl halides is 2. The summed E-state index contributed by atoms with van der Waals surface area (Å²) < 4.78 is 61.7. The smallest absolute Gasteiger partial charge is 0.400 e. The Labute approximate surface area is 171 Å². The number of hydrogen-bond acceptors (Lipinski definition) is 3. The van der Waals surface area contributed by atoms with E-state index >= 15 is 0 Å². The highest BCUT2D eigenvalue weighted by molar-refractivity contribution is 7.78. The van der Waals surface area contributed by atoms with Gasteiger partial charge < -0.3 is 4.74 Å². The summed E-state index contributed by atoms with van der Waals surface area (Å²) in [5.41, 5.74) is -0.659. The molecule has 3 rings (SSSR count). The second kappa shape index (κ2) is 8.91. The molecular weight excluding hydrogens is 390 g/mol. The minimum absolute atomic E-state index is 0. The van der Waals surface area contributed by atoms with E-state index in [2.05, 4.69) is 24.1 Å². The van der Waals surface area contributed by atoms with Crippen LogP contribution in [0.15, 0.2) is 17.1 Å². The van der Waals surface area contributed by atoms with Crippen LogP contribution in [-0.4, -0.2) is 11.3 Å². The molecule has 0 unspecified atom stereocenters. The van der Waals surface area contributed by atoms with Crippen molar-refractivity contribution in [3.63, 3.8) is 0 Å². The molecule has 28 heavy (non-hydrogen) atoms. The molecule has 158 valence electrons. The summed E-state index contributed by atoms with van der Waals surface area (Å²) in [6.45, 7) is 2.27. The molecule has 0 atom stereocenters. The van der Waals surface area contributed by atoms with Gasteiger partial charge in [-0.15, -0.1) is 0 Å². The number of thiocarbonyl (C=S) groups is 1. The Morgan fingerprint density at radius 3 is 2.00 bits per heavy atom. The largest absolute Gasteiger partial charge is 0.432 e. The summed E-state index contributed by atoms with van der Waals surface area (Å²) in [6.07, 6.45) is 3.61. The van der Waals surface area contributed by atoms with E-state index in [0.29, 0.717) is 36.8 Å². The second-order valence-electron chi connectivity index (χ2n) is 8.23. The maximum atomic E-state index is 14.6. The van der Waals surface area contributed by atoms with Gasteiger partial charge in [0.25, 0.3) is 0 Å². The van der Waals surface area contributed by atoms with Crippen molar-refractivity contribution in [3.8, 4) is 5.75 Å². The van der Waals surface area contributed by atoms with Crippen LogP contribution in [0.2, 0.25) is 0 Å². The molecule has 1 aromatic rings. The van der Waals surface area contributed by atoms with Crippen molar-refractivity contribution < 1.29 is 25.2 Å². The van der Waals surface area contributed by atoms with Crippen molar-refractivity contribution >= 4 is 23.1 Å². The highest BCUT2D eigenvalue weighted by atomic mass is 32.1. The van der Waals surface area contributed by atoms with E-state index in [0.717, 1.165) is 18.8 Å². The van der Waals surface area contributed by atoms with Crippen molar-refractivity contribution in [1.82, 2.24) is 0 Å². The first-order valence-corrected chi connectivity index (χ1v) is 10.3. The van der Waals surface area contributed by atoms with Crippen molar-refractivity contribution in [2.45, 2.75) is 64.4 Å². The average molecular weight is 420 g/mol. The van der Waals surface area contributed by atoms with Crippen molar-refractivity contribution in [2.24, 2.45) is 28.7 Å². The fourth-order valence-corrected chi connectivity index (χ4v) is 4.77. The Morgan fingerprint density at radius 1 is 1.00 bits per heavy atom. The zero-order chi connectivity index (χ0) is 20.3. The third kappa shape index (κ3) is 4.93. The Kier molecular flexibility index (Phi) is 6.77. The molecule has 0 amide bonds. The van der Waals surface area contributed by atoms with Crippen LogP contribution in [0.1, 0.15) is 61.1 Å². The molecule has 2 nitrogen and oxygen atoms in total. The van der Waals surface area contributed by atoms with Crippen LogP contribution in [-0.2, 0) is 0 Å². The molecule has 7 heteroatoms. The molecule has 0 spiro atoms. The Morgan fingerprint density at radius 2 is 1.50 bits per heavy atom. The van der Waals surface area contributed by atoms with Crippen molar-refractivity contribution in [2.75, 3.05) is 0 Å². The van der Waals surface area contributed by atoms with Crippen LogP contribution in [0.4, 0.5) is 23.2 Å². The summed E-state index contributed by atoms with van der Waals surface area (Å²) in [4.78, 5) is 3.26. The molecule has 0 bridgehead atoms. The molecule has 2 aliphatic rings. The van der Waals surface area contributed by atoms with Gasteiger partial charge in [-0.05, 0) is 68.5 Å². The van der Waals surface area contributed by atoms with E-state index < -0.39 is 35.1 Å². The van der Waals surface area contributed by atoms with Gasteiger partial charge in [0.2, 0.25) is 0 Å². The number of halogens is 4. The van der Waals surface area contributed by atoms with E-state index in [-0.39, 0.29) is 2.85 Å².